The summed E-state index contributed by atoms with van der Waals surface area (Å²) in [6.07, 6.45) is 2.63. The summed E-state index contributed by atoms with van der Waals surface area (Å²) in [6, 6.07) is 1.99. The molecule has 0 radical (unpaired) electrons. The Hall–Kier alpha value is -1.58. The number of amidine groups is 1. The summed E-state index contributed by atoms with van der Waals surface area (Å²) in [5, 5.41) is 7.77. The normalized spacial score (nSPS) is 14.6. The van der Waals surface area contributed by atoms with Crippen molar-refractivity contribution in [2.24, 2.45) is 11.7 Å². The van der Waals surface area contributed by atoms with Crippen LogP contribution in [0.3, 0.4) is 0 Å². The van der Waals surface area contributed by atoms with E-state index in [0.29, 0.717) is 0 Å². The van der Waals surface area contributed by atoms with Crippen LogP contribution in [0.2, 0.25) is 0 Å². The summed E-state index contributed by atoms with van der Waals surface area (Å²) in [5.74, 6) is 1.80. The van der Waals surface area contributed by atoms with Crippen LogP contribution >= 0.6 is 0 Å². The van der Waals surface area contributed by atoms with Crippen molar-refractivity contribution < 1.29 is 0 Å². The van der Waals surface area contributed by atoms with E-state index < -0.39 is 0 Å². The van der Waals surface area contributed by atoms with Gasteiger partial charge in [-0.3, -0.25) is 5.41 Å². The van der Waals surface area contributed by atoms with Gasteiger partial charge in [-0.1, -0.05) is 0 Å². The monoisotopic (exact) mass is 246 g/mol. The molecule has 1 aromatic heterocycles. The largest absolute Gasteiger partial charge is 0.384 e. The molecule has 0 aromatic carbocycles. The number of nitrogens with zero attached hydrogens (tertiary/aromatic N) is 2. The fourth-order valence-corrected chi connectivity index (χ4v) is 2.36. The molecule has 0 unspecified atom stereocenters. The zero-order chi connectivity index (χ0) is 13.3. The second-order valence-corrected chi connectivity index (χ2v) is 5.17. The number of anilines is 1. The lowest BCUT2D eigenvalue weighted by Gasteiger charge is -2.25. The van der Waals surface area contributed by atoms with Crippen LogP contribution in [0.4, 0.5) is 5.82 Å². The van der Waals surface area contributed by atoms with E-state index >= 15 is 0 Å². The molecule has 2 rings (SSSR count). The molecule has 1 saturated carbocycles. The summed E-state index contributed by atoms with van der Waals surface area (Å²) in [6.45, 7) is 8.07. The van der Waals surface area contributed by atoms with Gasteiger partial charge in [0.25, 0.3) is 0 Å². The lowest BCUT2D eigenvalue weighted by molar-refractivity contribution is 0.729. The highest BCUT2D eigenvalue weighted by molar-refractivity contribution is 6.01. The van der Waals surface area contributed by atoms with Crippen molar-refractivity contribution in [1.82, 2.24) is 4.98 Å². The minimum Gasteiger partial charge on any atom is -0.384 e. The Morgan fingerprint density at radius 1 is 1.50 bits per heavy atom. The van der Waals surface area contributed by atoms with Crippen molar-refractivity contribution in [3.05, 3.63) is 22.9 Å². The molecule has 3 N–H and O–H groups in total. The average molecular weight is 246 g/mol. The van der Waals surface area contributed by atoms with Gasteiger partial charge in [0.2, 0.25) is 0 Å². The molecule has 0 amide bonds. The smallest absolute Gasteiger partial charge is 0.140 e. The number of hydrogen-bond acceptors (Lipinski definition) is 3. The first-order valence-electron chi connectivity index (χ1n) is 6.60. The third kappa shape index (κ3) is 2.63. The molecule has 0 bridgehead atoms. The SMILES string of the molecule is CCN(CC1CC1)c1nc(C)cc(C)c1C(=N)N. The Morgan fingerprint density at radius 2 is 2.17 bits per heavy atom. The van der Waals surface area contributed by atoms with E-state index in [9.17, 15) is 0 Å². The van der Waals surface area contributed by atoms with Crippen LogP contribution in [0.1, 0.15) is 36.6 Å². The highest BCUT2D eigenvalue weighted by Gasteiger charge is 2.26. The van der Waals surface area contributed by atoms with Gasteiger partial charge in [-0.05, 0) is 51.2 Å². The Balaban J connectivity index is 2.41. The topological polar surface area (TPSA) is 66.0 Å². The average Bonchev–Trinajstić information content (AvgIpc) is 3.07. The van der Waals surface area contributed by atoms with Crippen molar-refractivity contribution in [2.45, 2.75) is 33.6 Å². The maximum absolute atomic E-state index is 7.77. The molecule has 1 aromatic rings. The molecule has 0 spiro atoms. The molecular weight excluding hydrogens is 224 g/mol. The van der Waals surface area contributed by atoms with Gasteiger partial charge in [-0.2, -0.15) is 0 Å². The van der Waals surface area contributed by atoms with Gasteiger partial charge in [-0.15, -0.1) is 0 Å². The quantitative estimate of drug-likeness (QED) is 0.618. The van der Waals surface area contributed by atoms with Gasteiger partial charge in [0, 0.05) is 18.8 Å². The number of nitrogens with one attached hydrogen (secondary N) is 1. The van der Waals surface area contributed by atoms with Crippen LogP contribution in [-0.4, -0.2) is 23.9 Å². The lowest BCUT2D eigenvalue weighted by Crippen LogP contribution is -2.30. The van der Waals surface area contributed by atoms with Gasteiger partial charge < -0.3 is 10.6 Å². The molecule has 1 heterocycles. The van der Waals surface area contributed by atoms with E-state index in [4.69, 9.17) is 11.1 Å². The van der Waals surface area contributed by atoms with Gasteiger partial charge in [0.1, 0.15) is 11.7 Å². The molecular formula is C14H22N4. The summed E-state index contributed by atoms with van der Waals surface area (Å²) < 4.78 is 0. The lowest BCUT2D eigenvalue weighted by atomic mass is 10.1. The zero-order valence-corrected chi connectivity index (χ0v) is 11.5. The summed E-state index contributed by atoms with van der Waals surface area (Å²) in [5.41, 5.74) is 8.54. The van der Waals surface area contributed by atoms with Gasteiger partial charge in [-0.25, -0.2) is 4.98 Å². The molecule has 4 heteroatoms. The number of rotatable bonds is 5. The Labute approximate surface area is 109 Å². The van der Waals surface area contributed by atoms with E-state index in [1.54, 1.807) is 0 Å². The predicted molar refractivity (Wildman–Crippen MR) is 75.3 cm³/mol. The first-order chi connectivity index (χ1) is 8.52. The van der Waals surface area contributed by atoms with E-state index in [2.05, 4.69) is 16.8 Å². The molecule has 1 fully saturated rings. The van der Waals surface area contributed by atoms with Crippen molar-refractivity contribution in [2.75, 3.05) is 18.0 Å². The summed E-state index contributed by atoms with van der Waals surface area (Å²) in [4.78, 5) is 6.87. The number of hydrogen-bond donors (Lipinski definition) is 2. The minimum absolute atomic E-state index is 0.115. The van der Waals surface area contributed by atoms with Gasteiger partial charge in [0.15, 0.2) is 0 Å². The van der Waals surface area contributed by atoms with Crippen molar-refractivity contribution >= 4 is 11.7 Å². The number of aryl methyl sites for hydroxylation is 2. The molecule has 1 aliphatic carbocycles. The third-order valence-corrected chi connectivity index (χ3v) is 3.45. The van der Waals surface area contributed by atoms with Crippen LogP contribution in [0.25, 0.3) is 0 Å². The van der Waals surface area contributed by atoms with Crippen LogP contribution < -0.4 is 10.6 Å². The Bertz CT molecular complexity index is 463. The van der Waals surface area contributed by atoms with Crippen molar-refractivity contribution in [1.29, 1.82) is 5.41 Å². The van der Waals surface area contributed by atoms with E-state index in [0.717, 1.165) is 41.6 Å². The molecule has 1 aliphatic rings. The van der Waals surface area contributed by atoms with E-state index in [1.165, 1.54) is 12.8 Å². The molecule has 18 heavy (non-hydrogen) atoms. The van der Waals surface area contributed by atoms with Crippen molar-refractivity contribution in [3.63, 3.8) is 0 Å². The van der Waals surface area contributed by atoms with Crippen LogP contribution in [0, 0.1) is 25.2 Å². The maximum atomic E-state index is 7.77. The van der Waals surface area contributed by atoms with Gasteiger partial charge >= 0.3 is 0 Å². The standard InChI is InChI=1S/C14H22N4/c1-4-18(8-11-5-6-11)14-12(13(15)16)9(2)7-10(3)17-14/h7,11H,4-6,8H2,1-3H3,(H3,15,16). The molecule has 4 nitrogen and oxygen atoms in total. The molecule has 98 valence electrons. The second-order valence-electron chi connectivity index (χ2n) is 5.17. The summed E-state index contributed by atoms with van der Waals surface area (Å²) >= 11 is 0. The molecule has 0 saturated heterocycles. The van der Waals surface area contributed by atoms with Crippen LogP contribution in [-0.2, 0) is 0 Å². The fraction of sp³-hybridized carbons (Fsp3) is 0.571. The predicted octanol–water partition coefficient (Wildman–Crippen LogP) is 2.22. The number of aromatic nitrogens is 1. The zero-order valence-electron chi connectivity index (χ0n) is 11.5. The highest BCUT2D eigenvalue weighted by Crippen LogP contribution is 2.32. The third-order valence-electron chi connectivity index (χ3n) is 3.45. The minimum atomic E-state index is 0.115. The van der Waals surface area contributed by atoms with Gasteiger partial charge in [0.05, 0.1) is 5.56 Å². The molecule has 0 aliphatic heterocycles. The van der Waals surface area contributed by atoms with E-state index in [1.807, 2.05) is 19.9 Å². The van der Waals surface area contributed by atoms with Crippen LogP contribution in [0.5, 0.6) is 0 Å². The van der Waals surface area contributed by atoms with Crippen LogP contribution in [0.15, 0.2) is 6.07 Å². The first kappa shape index (κ1) is 12.9. The van der Waals surface area contributed by atoms with E-state index in [-0.39, 0.29) is 5.84 Å². The number of pyridine rings is 1. The van der Waals surface area contributed by atoms with Crippen molar-refractivity contribution in [3.8, 4) is 0 Å². The number of nitrogens with two attached hydrogens (primary N) is 1. The molecule has 0 atom stereocenters. The Morgan fingerprint density at radius 3 is 2.67 bits per heavy atom. The maximum Gasteiger partial charge on any atom is 0.140 e. The first-order valence-corrected chi connectivity index (χ1v) is 6.60. The number of nitrogen functional groups attached to an aromatic ring is 1. The summed E-state index contributed by atoms with van der Waals surface area (Å²) in [7, 11) is 0. The second kappa shape index (κ2) is 4.96. The Kier molecular flexibility index (Phi) is 3.55. The highest BCUT2D eigenvalue weighted by atomic mass is 15.2. The fourth-order valence-electron chi connectivity index (χ4n) is 2.36.